The van der Waals surface area contributed by atoms with E-state index >= 15 is 0 Å². The van der Waals surface area contributed by atoms with Gasteiger partial charge in [-0.25, -0.2) is 0 Å². The molecule has 1 amide bonds. The highest BCUT2D eigenvalue weighted by molar-refractivity contribution is 5.81. The standard InChI is InChI=1S/C40H79N3O4.C2H6/c1-4-6-8-9-10-11-12-13-14-15-16-17-18-19-20-22-29-42-40(45)38(41-30-24-31-43-32-35-46-36-33-43)26-23-34-47-39(44)28-27-37(3)25-21-7-5-2;1-2/h37-38,41H,4-36H2,1-3H3,(H,42,45);1-2H3. The van der Waals surface area contributed by atoms with Crippen LogP contribution >= 0.6 is 0 Å². The van der Waals surface area contributed by atoms with Gasteiger partial charge in [0.1, 0.15) is 0 Å². The fourth-order valence-corrected chi connectivity index (χ4v) is 6.53. The van der Waals surface area contributed by atoms with Gasteiger partial charge in [-0.1, -0.05) is 157 Å². The number of ether oxygens (including phenoxy) is 2. The van der Waals surface area contributed by atoms with Gasteiger partial charge in [0.15, 0.2) is 0 Å². The average molecular weight is 696 g/mol. The fraction of sp³-hybridized carbons (Fsp3) is 0.952. The molecule has 0 bridgehead atoms. The Bertz CT molecular complexity index is 701. The maximum Gasteiger partial charge on any atom is 0.305 e. The van der Waals surface area contributed by atoms with Crippen molar-refractivity contribution in [2.75, 3.05) is 52.5 Å². The van der Waals surface area contributed by atoms with Gasteiger partial charge in [-0.15, -0.1) is 0 Å². The number of hydrogen-bond acceptors (Lipinski definition) is 6. The second kappa shape index (κ2) is 38.1. The minimum atomic E-state index is -0.238. The van der Waals surface area contributed by atoms with Crippen molar-refractivity contribution < 1.29 is 19.1 Å². The Balaban J connectivity index is 0.0000113. The molecule has 7 nitrogen and oxygen atoms in total. The number of amides is 1. The van der Waals surface area contributed by atoms with Crippen LogP contribution in [0.5, 0.6) is 0 Å². The van der Waals surface area contributed by atoms with Crippen molar-refractivity contribution in [3.05, 3.63) is 0 Å². The van der Waals surface area contributed by atoms with E-state index in [9.17, 15) is 9.59 Å². The van der Waals surface area contributed by atoms with Crippen LogP contribution in [0, 0.1) is 5.92 Å². The van der Waals surface area contributed by atoms with Crippen LogP contribution in [0.2, 0.25) is 0 Å². The van der Waals surface area contributed by atoms with Crippen LogP contribution in [0.4, 0.5) is 0 Å². The molecular weight excluding hydrogens is 610 g/mol. The number of nitrogens with one attached hydrogen (secondary N) is 2. The molecule has 0 aromatic carbocycles. The molecule has 1 rings (SSSR count). The van der Waals surface area contributed by atoms with Crippen molar-refractivity contribution in [1.29, 1.82) is 0 Å². The van der Waals surface area contributed by atoms with Crippen molar-refractivity contribution in [2.24, 2.45) is 5.92 Å². The highest BCUT2D eigenvalue weighted by Crippen LogP contribution is 2.16. The first-order valence-corrected chi connectivity index (χ1v) is 21.5. The molecule has 49 heavy (non-hydrogen) atoms. The Labute approximate surface area is 305 Å². The Hall–Kier alpha value is -1.18. The third-order valence-corrected chi connectivity index (χ3v) is 9.83. The molecule has 0 aliphatic carbocycles. The molecule has 1 fully saturated rings. The minimum absolute atomic E-state index is 0.0876. The third-order valence-electron chi connectivity index (χ3n) is 9.83. The first-order valence-electron chi connectivity index (χ1n) is 21.5. The van der Waals surface area contributed by atoms with Crippen molar-refractivity contribution in [1.82, 2.24) is 15.5 Å². The Morgan fingerprint density at radius 2 is 1.18 bits per heavy atom. The molecule has 1 heterocycles. The first-order chi connectivity index (χ1) is 24.1. The molecule has 1 aliphatic rings. The highest BCUT2D eigenvalue weighted by atomic mass is 16.5. The van der Waals surface area contributed by atoms with Gasteiger partial charge in [0.05, 0.1) is 25.9 Å². The van der Waals surface area contributed by atoms with E-state index in [2.05, 4.69) is 36.3 Å². The zero-order chi connectivity index (χ0) is 36.0. The number of nitrogens with zero attached hydrogens (tertiary/aromatic N) is 1. The number of hydrogen-bond donors (Lipinski definition) is 2. The predicted molar refractivity (Wildman–Crippen MR) is 210 cm³/mol. The van der Waals surface area contributed by atoms with Gasteiger partial charge >= 0.3 is 5.97 Å². The maximum atomic E-state index is 13.1. The molecule has 1 saturated heterocycles. The van der Waals surface area contributed by atoms with Gasteiger partial charge < -0.3 is 20.1 Å². The predicted octanol–water partition coefficient (Wildman–Crippen LogP) is 10.4. The number of morpholine rings is 1. The summed E-state index contributed by atoms with van der Waals surface area (Å²) in [5.41, 5.74) is 0. The molecule has 0 aromatic rings. The topological polar surface area (TPSA) is 79.9 Å². The Morgan fingerprint density at radius 3 is 1.76 bits per heavy atom. The zero-order valence-corrected chi connectivity index (χ0v) is 33.6. The summed E-state index contributed by atoms with van der Waals surface area (Å²) in [5, 5.41) is 6.70. The smallest absolute Gasteiger partial charge is 0.305 e. The third kappa shape index (κ3) is 32.5. The van der Waals surface area contributed by atoms with Gasteiger partial charge in [0.2, 0.25) is 5.91 Å². The van der Waals surface area contributed by atoms with Gasteiger partial charge in [-0.3, -0.25) is 14.5 Å². The number of rotatable bonds is 34. The zero-order valence-electron chi connectivity index (χ0n) is 33.6. The fourth-order valence-electron chi connectivity index (χ4n) is 6.53. The molecule has 0 radical (unpaired) electrons. The van der Waals surface area contributed by atoms with Crippen LogP contribution < -0.4 is 10.6 Å². The van der Waals surface area contributed by atoms with E-state index < -0.39 is 0 Å². The van der Waals surface area contributed by atoms with E-state index in [1.807, 2.05) is 13.8 Å². The van der Waals surface area contributed by atoms with Crippen molar-refractivity contribution in [3.63, 3.8) is 0 Å². The van der Waals surface area contributed by atoms with E-state index in [-0.39, 0.29) is 17.9 Å². The summed E-state index contributed by atoms with van der Waals surface area (Å²) in [7, 11) is 0. The second-order valence-corrected chi connectivity index (χ2v) is 14.4. The van der Waals surface area contributed by atoms with Crippen LogP contribution in [0.1, 0.15) is 195 Å². The number of carbonyl (C=O) groups is 2. The highest BCUT2D eigenvalue weighted by Gasteiger charge is 2.18. The summed E-state index contributed by atoms with van der Waals surface area (Å²) in [6.45, 7) is 17.3. The van der Waals surface area contributed by atoms with E-state index in [4.69, 9.17) is 9.47 Å². The van der Waals surface area contributed by atoms with Crippen molar-refractivity contribution >= 4 is 11.9 Å². The summed E-state index contributed by atoms with van der Waals surface area (Å²) in [5.74, 6) is 0.554. The van der Waals surface area contributed by atoms with Gasteiger partial charge in [0, 0.05) is 26.1 Å². The first kappa shape index (κ1) is 47.8. The minimum Gasteiger partial charge on any atom is -0.466 e. The van der Waals surface area contributed by atoms with E-state index in [0.29, 0.717) is 31.8 Å². The van der Waals surface area contributed by atoms with E-state index in [1.165, 1.54) is 122 Å². The molecule has 0 aromatic heterocycles. The van der Waals surface area contributed by atoms with Crippen LogP contribution in [-0.4, -0.2) is 75.4 Å². The molecular formula is C42H85N3O4. The van der Waals surface area contributed by atoms with Crippen LogP contribution in [0.15, 0.2) is 0 Å². The summed E-state index contributed by atoms with van der Waals surface area (Å²) >= 11 is 0. The number of esters is 1. The molecule has 1 aliphatic heterocycles. The molecule has 2 atom stereocenters. The number of carbonyl (C=O) groups excluding carboxylic acids is 2. The summed E-state index contributed by atoms with van der Waals surface area (Å²) in [4.78, 5) is 27.8. The maximum absolute atomic E-state index is 13.1. The lowest BCUT2D eigenvalue weighted by Crippen LogP contribution is -2.45. The molecule has 0 saturated carbocycles. The summed E-state index contributed by atoms with van der Waals surface area (Å²) in [6.07, 6.45) is 30.4. The van der Waals surface area contributed by atoms with Crippen LogP contribution in [0.25, 0.3) is 0 Å². The quantitative estimate of drug-likeness (QED) is 0.0515. The average Bonchev–Trinajstić information content (AvgIpc) is 3.12. The van der Waals surface area contributed by atoms with Gasteiger partial charge in [0.25, 0.3) is 0 Å². The lowest BCUT2D eigenvalue weighted by molar-refractivity contribution is -0.144. The van der Waals surface area contributed by atoms with Crippen molar-refractivity contribution in [3.8, 4) is 0 Å². The molecule has 7 heteroatoms. The van der Waals surface area contributed by atoms with Gasteiger partial charge in [-0.05, 0) is 51.1 Å². The van der Waals surface area contributed by atoms with Crippen molar-refractivity contribution in [2.45, 2.75) is 201 Å². The SMILES string of the molecule is CC.CCCCCCCCCCCCCCCCCCNC(=O)C(CCCOC(=O)CCC(C)CCCCC)NCCCN1CCOCC1. The lowest BCUT2D eigenvalue weighted by Gasteiger charge is -2.27. The molecule has 2 unspecified atom stereocenters. The van der Waals surface area contributed by atoms with E-state index in [0.717, 1.165) is 65.2 Å². The van der Waals surface area contributed by atoms with Crippen LogP contribution in [-0.2, 0) is 19.1 Å². The summed E-state index contributed by atoms with van der Waals surface area (Å²) < 4.78 is 11.0. The van der Waals surface area contributed by atoms with Gasteiger partial charge in [-0.2, -0.15) is 0 Å². The number of unbranched alkanes of at least 4 members (excludes halogenated alkanes) is 17. The van der Waals surface area contributed by atoms with Crippen LogP contribution in [0.3, 0.4) is 0 Å². The monoisotopic (exact) mass is 696 g/mol. The largest absolute Gasteiger partial charge is 0.466 e. The lowest BCUT2D eigenvalue weighted by atomic mass is 9.98. The molecule has 0 spiro atoms. The molecule has 292 valence electrons. The second-order valence-electron chi connectivity index (χ2n) is 14.4. The molecule has 2 N–H and O–H groups in total. The summed E-state index contributed by atoms with van der Waals surface area (Å²) in [6, 6.07) is -0.238. The van der Waals surface area contributed by atoms with E-state index in [1.54, 1.807) is 0 Å². The Morgan fingerprint density at radius 1 is 0.653 bits per heavy atom. The Kier molecular flexibility index (Phi) is 37.1. The normalized spacial score (nSPS) is 14.6.